The van der Waals surface area contributed by atoms with E-state index in [1.165, 1.54) is 30.4 Å². The number of phenolic OH excluding ortho intramolecular Hbond substituents is 1. The van der Waals surface area contributed by atoms with Gasteiger partial charge < -0.3 is 9.84 Å². The zero-order chi connectivity index (χ0) is 19.5. The molecule has 1 saturated carbocycles. The zero-order valence-corrected chi connectivity index (χ0v) is 16.6. The summed E-state index contributed by atoms with van der Waals surface area (Å²) in [7, 11) is 0. The Kier molecular flexibility index (Phi) is 5.25. The summed E-state index contributed by atoms with van der Waals surface area (Å²) in [4.78, 5) is 5.11. The van der Waals surface area contributed by atoms with Gasteiger partial charge in [-0.1, -0.05) is 55.7 Å². The second-order valence-electron chi connectivity index (χ2n) is 8.17. The molecule has 3 heteroatoms. The molecule has 1 unspecified atom stereocenters. The van der Waals surface area contributed by atoms with Gasteiger partial charge in [-0.05, 0) is 55.2 Å². The lowest BCUT2D eigenvalue weighted by Gasteiger charge is -2.49. The highest BCUT2D eigenvalue weighted by atomic mass is 16.5. The molecule has 2 aromatic carbocycles. The Hall–Kier alpha value is -2.55. The predicted molar refractivity (Wildman–Crippen MR) is 114 cm³/mol. The van der Waals surface area contributed by atoms with E-state index >= 15 is 0 Å². The molecule has 3 nitrogen and oxygen atoms in total. The molecule has 0 spiro atoms. The number of aromatic hydroxyl groups is 1. The third-order valence-electron chi connectivity index (χ3n) is 6.42. The van der Waals surface area contributed by atoms with Crippen LogP contribution in [0, 0.1) is 0 Å². The van der Waals surface area contributed by atoms with E-state index in [0.29, 0.717) is 12.4 Å². The molecule has 0 bridgehead atoms. The molecule has 0 radical (unpaired) electrons. The van der Waals surface area contributed by atoms with Crippen molar-refractivity contribution >= 4 is 6.21 Å². The summed E-state index contributed by atoms with van der Waals surface area (Å²) >= 11 is 0. The van der Waals surface area contributed by atoms with Crippen LogP contribution >= 0.6 is 0 Å². The molecule has 1 fully saturated rings. The van der Waals surface area contributed by atoms with Crippen LogP contribution in [-0.2, 0) is 5.41 Å². The Morgan fingerprint density at radius 3 is 2.32 bits per heavy atom. The Labute approximate surface area is 167 Å². The van der Waals surface area contributed by atoms with Crippen LogP contribution in [0.4, 0.5) is 0 Å². The highest BCUT2D eigenvalue weighted by molar-refractivity contribution is 5.82. The van der Waals surface area contributed by atoms with Crippen molar-refractivity contribution in [3.63, 3.8) is 0 Å². The van der Waals surface area contributed by atoms with Gasteiger partial charge in [0, 0.05) is 18.1 Å². The van der Waals surface area contributed by atoms with Gasteiger partial charge in [0.1, 0.15) is 11.5 Å². The average Bonchev–Trinajstić information content (AvgIpc) is 3.12. The molecule has 2 aromatic rings. The van der Waals surface area contributed by atoms with Gasteiger partial charge >= 0.3 is 0 Å². The molecule has 0 saturated heterocycles. The van der Waals surface area contributed by atoms with E-state index in [4.69, 9.17) is 9.73 Å². The molecule has 1 N–H and O–H groups in total. The number of hydrogen-bond acceptors (Lipinski definition) is 3. The lowest BCUT2D eigenvalue weighted by Crippen LogP contribution is -2.50. The average molecular weight is 376 g/mol. The largest absolute Gasteiger partial charge is 0.508 e. The molecular weight excluding hydrogens is 346 g/mol. The van der Waals surface area contributed by atoms with Gasteiger partial charge in [0.25, 0.3) is 0 Å². The number of benzene rings is 2. The van der Waals surface area contributed by atoms with Crippen LogP contribution in [0.25, 0.3) is 0 Å². The van der Waals surface area contributed by atoms with Crippen LogP contribution in [0.3, 0.4) is 0 Å². The molecular formula is C25H29NO2. The van der Waals surface area contributed by atoms with E-state index in [0.717, 1.165) is 25.0 Å². The van der Waals surface area contributed by atoms with Crippen molar-refractivity contribution in [2.75, 3.05) is 6.61 Å². The fraction of sp³-hybridized carbons (Fsp3) is 0.400. The number of allylic oxidation sites excluding steroid dienone is 1. The monoisotopic (exact) mass is 375 g/mol. The quantitative estimate of drug-likeness (QED) is 0.690. The summed E-state index contributed by atoms with van der Waals surface area (Å²) in [5.41, 5.74) is 2.17. The summed E-state index contributed by atoms with van der Waals surface area (Å²) in [6, 6.07) is 17.8. The van der Waals surface area contributed by atoms with Gasteiger partial charge in [-0.25, -0.2) is 0 Å². The normalized spacial score (nSPS) is 23.4. The fourth-order valence-corrected chi connectivity index (χ4v) is 5.05. The van der Waals surface area contributed by atoms with Crippen LogP contribution in [-0.4, -0.2) is 23.5 Å². The van der Waals surface area contributed by atoms with Gasteiger partial charge in [-0.15, -0.1) is 0 Å². The van der Waals surface area contributed by atoms with Crippen molar-refractivity contribution in [2.45, 2.75) is 56.4 Å². The first-order valence-electron chi connectivity index (χ1n) is 10.4. The van der Waals surface area contributed by atoms with E-state index in [1.54, 1.807) is 0 Å². The maximum Gasteiger partial charge on any atom is 0.119 e. The molecule has 28 heavy (non-hydrogen) atoms. The number of hydrogen-bond donors (Lipinski definition) is 1. The van der Waals surface area contributed by atoms with Crippen LogP contribution in [0.15, 0.2) is 71.2 Å². The molecule has 1 aliphatic heterocycles. The first-order valence-corrected chi connectivity index (χ1v) is 10.4. The summed E-state index contributed by atoms with van der Waals surface area (Å²) < 4.78 is 6.08. The highest BCUT2D eigenvalue weighted by Gasteiger charge is 2.52. The summed E-state index contributed by atoms with van der Waals surface area (Å²) in [5.74, 6) is 1.22. The van der Waals surface area contributed by atoms with Crippen molar-refractivity contribution in [2.24, 2.45) is 4.99 Å². The van der Waals surface area contributed by atoms with Crippen molar-refractivity contribution in [1.82, 2.24) is 0 Å². The minimum atomic E-state index is -0.288. The van der Waals surface area contributed by atoms with Gasteiger partial charge in [0.15, 0.2) is 0 Å². The first kappa shape index (κ1) is 18.8. The van der Waals surface area contributed by atoms with Gasteiger partial charge in [0.05, 0.1) is 12.1 Å². The zero-order valence-electron chi connectivity index (χ0n) is 16.6. The predicted octanol–water partition coefficient (Wildman–Crippen LogP) is 5.83. The number of rotatable bonds is 6. The van der Waals surface area contributed by atoms with Crippen molar-refractivity contribution in [3.05, 3.63) is 71.8 Å². The van der Waals surface area contributed by atoms with Crippen molar-refractivity contribution in [3.8, 4) is 11.5 Å². The van der Waals surface area contributed by atoms with E-state index in [9.17, 15) is 5.11 Å². The molecule has 0 aromatic heterocycles. The van der Waals surface area contributed by atoms with Crippen LogP contribution in [0.2, 0.25) is 0 Å². The lowest BCUT2D eigenvalue weighted by molar-refractivity contribution is 0.160. The van der Waals surface area contributed by atoms with E-state index in [-0.39, 0.29) is 11.0 Å². The number of phenols is 1. The third-order valence-corrected chi connectivity index (χ3v) is 6.42. The van der Waals surface area contributed by atoms with Gasteiger partial charge in [-0.3, -0.25) is 4.99 Å². The number of ether oxygens (including phenoxy) is 1. The van der Waals surface area contributed by atoms with Crippen molar-refractivity contribution in [1.29, 1.82) is 0 Å². The van der Waals surface area contributed by atoms with E-state index in [1.807, 2.05) is 48.7 Å². The SMILES string of the molecule is CC1=CC(CCOc2ccccc2)(C2(c3ccc(O)cc3)CCCCC2)N=C1. The molecule has 2 aliphatic rings. The fourth-order valence-electron chi connectivity index (χ4n) is 5.05. The van der Waals surface area contributed by atoms with Gasteiger partial charge in [-0.2, -0.15) is 0 Å². The first-order chi connectivity index (χ1) is 13.6. The molecule has 1 atom stereocenters. The van der Waals surface area contributed by atoms with E-state index in [2.05, 4.69) is 25.1 Å². The standard InChI is InChI=1S/C25H29NO2/c1-20-18-25(26-19-20,16-17-28-23-8-4-2-5-9-23)24(14-6-3-7-15-24)21-10-12-22(27)13-11-21/h2,4-5,8-13,18-19,27H,3,6-7,14-17H2,1H3. The third kappa shape index (κ3) is 3.46. The maximum atomic E-state index is 9.82. The second kappa shape index (κ2) is 7.83. The van der Waals surface area contributed by atoms with E-state index < -0.39 is 0 Å². The Morgan fingerprint density at radius 1 is 0.964 bits per heavy atom. The van der Waals surface area contributed by atoms with Gasteiger partial charge in [0.2, 0.25) is 0 Å². The molecule has 1 heterocycles. The minimum Gasteiger partial charge on any atom is -0.508 e. The van der Waals surface area contributed by atoms with Crippen molar-refractivity contribution < 1.29 is 9.84 Å². The Bertz CT molecular complexity index is 848. The maximum absolute atomic E-state index is 9.82. The summed E-state index contributed by atoms with van der Waals surface area (Å²) in [5, 5.41) is 9.82. The highest BCUT2D eigenvalue weighted by Crippen LogP contribution is 2.53. The van der Waals surface area contributed by atoms with Crippen LogP contribution in [0.1, 0.15) is 51.0 Å². The Morgan fingerprint density at radius 2 is 1.68 bits per heavy atom. The summed E-state index contributed by atoms with van der Waals surface area (Å²) in [6.07, 6.45) is 11.2. The minimum absolute atomic E-state index is 0.0484. The Balaban J connectivity index is 1.67. The number of para-hydroxylation sites is 1. The molecule has 0 amide bonds. The van der Waals surface area contributed by atoms with Crippen LogP contribution in [0.5, 0.6) is 11.5 Å². The van der Waals surface area contributed by atoms with Crippen LogP contribution < -0.4 is 4.74 Å². The lowest BCUT2D eigenvalue weighted by atomic mass is 9.57. The molecule has 146 valence electrons. The summed E-state index contributed by atoms with van der Waals surface area (Å²) in [6.45, 7) is 2.77. The second-order valence-corrected chi connectivity index (χ2v) is 8.17. The molecule has 1 aliphatic carbocycles. The molecule has 4 rings (SSSR count). The number of nitrogens with zero attached hydrogens (tertiary/aromatic N) is 1. The number of aliphatic imine (C=N–C) groups is 1. The smallest absolute Gasteiger partial charge is 0.119 e. The topological polar surface area (TPSA) is 41.8 Å².